The molecule has 0 aliphatic carbocycles. The highest BCUT2D eigenvalue weighted by Crippen LogP contribution is 2.22. The first-order valence-electron chi connectivity index (χ1n) is 4.65. The van der Waals surface area contributed by atoms with E-state index in [4.69, 9.17) is 10.5 Å². The van der Waals surface area contributed by atoms with E-state index in [-0.39, 0.29) is 5.78 Å². The number of hydrogen-bond donors (Lipinski definition) is 1. The molecule has 3 heteroatoms. The van der Waals surface area contributed by atoms with Crippen molar-refractivity contribution >= 4 is 11.5 Å². The molecule has 0 radical (unpaired) electrons. The Kier molecular flexibility index (Phi) is 3.51. The highest BCUT2D eigenvalue weighted by molar-refractivity contribution is 5.97. The molecule has 2 N–H and O–H groups in total. The molecule has 1 aromatic rings. The van der Waals surface area contributed by atoms with Crippen molar-refractivity contribution in [3.63, 3.8) is 0 Å². The van der Waals surface area contributed by atoms with E-state index in [0.29, 0.717) is 23.4 Å². The van der Waals surface area contributed by atoms with Gasteiger partial charge in [-0.2, -0.15) is 0 Å². The number of ether oxygens (including phenoxy) is 1. The summed E-state index contributed by atoms with van der Waals surface area (Å²) >= 11 is 0. The topological polar surface area (TPSA) is 52.3 Å². The zero-order valence-corrected chi connectivity index (χ0v) is 8.54. The van der Waals surface area contributed by atoms with Gasteiger partial charge in [0.05, 0.1) is 12.8 Å². The van der Waals surface area contributed by atoms with Crippen LogP contribution in [0.2, 0.25) is 0 Å². The first kappa shape index (κ1) is 10.6. The monoisotopic (exact) mass is 193 g/mol. The van der Waals surface area contributed by atoms with E-state index in [2.05, 4.69) is 0 Å². The third-order valence-corrected chi connectivity index (χ3v) is 2.03. The van der Waals surface area contributed by atoms with Gasteiger partial charge in [0, 0.05) is 12.0 Å². The van der Waals surface area contributed by atoms with Crippen LogP contribution in [0, 0.1) is 0 Å². The van der Waals surface area contributed by atoms with Gasteiger partial charge in [0.2, 0.25) is 0 Å². The van der Waals surface area contributed by atoms with E-state index in [0.717, 1.165) is 6.42 Å². The summed E-state index contributed by atoms with van der Waals surface area (Å²) < 4.78 is 5.00. The summed E-state index contributed by atoms with van der Waals surface area (Å²) in [6.45, 7) is 1.98. The quantitative estimate of drug-likeness (QED) is 0.589. The molecule has 1 aromatic carbocycles. The lowest BCUT2D eigenvalue weighted by molar-refractivity contribution is 0.0982. The largest absolute Gasteiger partial charge is 0.495 e. The SMILES string of the molecule is CCCC(=O)c1ccc(OC)c(N)c1. The molecule has 0 bridgehead atoms. The molecule has 0 aliphatic heterocycles. The van der Waals surface area contributed by atoms with Crippen LogP contribution < -0.4 is 10.5 Å². The van der Waals surface area contributed by atoms with Crippen molar-refractivity contribution in [1.82, 2.24) is 0 Å². The van der Waals surface area contributed by atoms with E-state index in [9.17, 15) is 4.79 Å². The van der Waals surface area contributed by atoms with Gasteiger partial charge in [-0.15, -0.1) is 0 Å². The van der Waals surface area contributed by atoms with Crippen LogP contribution in [0.15, 0.2) is 18.2 Å². The second-order valence-electron chi connectivity index (χ2n) is 3.13. The zero-order valence-electron chi connectivity index (χ0n) is 8.54. The molecule has 0 saturated carbocycles. The molecule has 0 fully saturated rings. The van der Waals surface area contributed by atoms with Crippen LogP contribution >= 0.6 is 0 Å². The Bertz CT molecular complexity index is 334. The summed E-state index contributed by atoms with van der Waals surface area (Å²) in [5, 5.41) is 0. The molecule has 0 spiro atoms. The van der Waals surface area contributed by atoms with Crippen molar-refractivity contribution < 1.29 is 9.53 Å². The van der Waals surface area contributed by atoms with Crippen molar-refractivity contribution in [3.8, 4) is 5.75 Å². The van der Waals surface area contributed by atoms with Crippen molar-refractivity contribution in [3.05, 3.63) is 23.8 Å². The molecule has 0 amide bonds. The maximum Gasteiger partial charge on any atom is 0.162 e. The first-order chi connectivity index (χ1) is 6.69. The Morgan fingerprint density at radius 3 is 2.71 bits per heavy atom. The van der Waals surface area contributed by atoms with E-state index in [1.165, 1.54) is 0 Å². The standard InChI is InChI=1S/C11H15NO2/c1-3-4-10(13)8-5-6-11(14-2)9(12)7-8/h5-7H,3-4,12H2,1-2H3. The highest BCUT2D eigenvalue weighted by atomic mass is 16.5. The van der Waals surface area contributed by atoms with Crippen molar-refractivity contribution in [2.24, 2.45) is 0 Å². The fourth-order valence-electron chi connectivity index (χ4n) is 1.28. The molecule has 0 aliphatic rings. The predicted octanol–water partition coefficient (Wildman–Crippen LogP) is 2.26. The lowest BCUT2D eigenvalue weighted by Gasteiger charge is -2.05. The lowest BCUT2D eigenvalue weighted by atomic mass is 10.1. The second-order valence-corrected chi connectivity index (χ2v) is 3.13. The summed E-state index contributed by atoms with van der Waals surface area (Å²) in [4.78, 5) is 11.5. The van der Waals surface area contributed by atoms with Gasteiger partial charge in [-0.1, -0.05) is 6.92 Å². The van der Waals surface area contributed by atoms with Crippen molar-refractivity contribution in [1.29, 1.82) is 0 Å². The minimum atomic E-state index is 0.127. The predicted molar refractivity (Wildman–Crippen MR) is 56.6 cm³/mol. The number of anilines is 1. The number of hydrogen-bond acceptors (Lipinski definition) is 3. The Hall–Kier alpha value is -1.51. The van der Waals surface area contributed by atoms with Gasteiger partial charge in [0.25, 0.3) is 0 Å². The molecule has 3 nitrogen and oxygen atoms in total. The summed E-state index contributed by atoms with van der Waals surface area (Å²) in [7, 11) is 1.55. The average Bonchev–Trinajstić information content (AvgIpc) is 2.18. The van der Waals surface area contributed by atoms with Gasteiger partial charge in [-0.3, -0.25) is 4.79 Å². The van der Waals surface area contributed by atoms with E-state index >= 15 is 0 Å². The van der Waals surface area contributed by atoms with Crippen LogP contribution in [-0.2, 0) is 0 Å². The van der Waals surface area contributed by atoms with Crippen molar-refractivity contribution in [2.75, 3.05) is 12.8 Å². The molecule has 1 rings (SSSR count). The fraction of sp³-hybridized carbons (Fsp3) is 0.364. The second kappa shape index (κ2) is 4.65. The molecular weight excluding hydrogens is 178 g/mol. The maximum absolute atomic E-state index is 11.5. The number of nitrogen functional groups attached to an aromatic ring is 1. The number of ketones is 1. The molecule has 14 heavy (non-hydrogen) atoms. The van der Waals surface area contributed by atoms with Crippen LogP contribution in [0.4, 0.5) is 5.69 Å². The average molecular weight is 193 g/mol. The van der Waals surface area contributed by atoms with Gasteiger partial charge in [-0.25, -0.2) is 0 Å². The summed E-state index contributed by atoms with van der Waals surface area (Å²) in [6.07, 6.45) is 1.41. The third-order valence-electron chi connectivity index (χ3n) is 2.03. The number of Topliss-reactive ketones (excluding diaryl/α,β-unsaturated/α-hetero) is 1. The number of carbonyl (C=O) groups excluding carboxylic acids is 1. The van der Waals surface area contributed by atoms with Crippen LogP contribution in [0.5, 0.6) is 5.75 Å². The number of nitrogens with two attached hydrogens (primary N) is 1. The molecular formula is C11H15NO2. The number of rotatable bonds is 4. The van der Waals surface area contributed by atoms with Gasteiger partial charge in [0.1, 0.15) is 5.75 Å². The zero-order chi connectivity index (χ0) is 10.6. The van der Waals surface area contributed by atoms with E-state index < -0.39 is 0 Å². The Labute approximate surface area is 83.9 Å². The summed E-state index contributed by atoms with van der Waals surface area (Å²) in [5.74, 6) is 0.736. The first-order valence-corrected chi connectivity index (χ1v) is 4.65. The van der Waals surface area contributed by atoms with Gasteiger partial charge < -0.3 is 10.5 Å². The maximum atomic E-state index is 11.5. The van der Waals surface area contributed by atoms with Gasteiger partial charge in [0.15, 0.2) is 5.78 Å². The molecule has 0 saturated heterocycles. The van der Waals surface area contributed by atoms with E-state index in [1.807, 2.05) is 6.92 Å². The number of benzene rings is 1. The molecule has 76 valence electrons. The third kappa shape index (κ3) is 2.25. The smallest absolute Gasteiger partial charge is 0.162 e. The van der Waals surface area contributed by atoms with Crippen LogP contribution in [0.3, 0.4) is 0 Å². The van der Waals surface area contributed by atoms with Crippen LogP contribution in [-0.4, -0.2) is 12.9 Å². The minimum absolute atomic E-state index is 0.127. The molecule has 0 atom stereocenters. The molecule has 0 heterocycles. The van der Waals surface area contributed by atoms with Crippen LogP contribution in [0.25, 0.3) is 0 Å². The molecule has 0 unspecified atom stereocenters. The molecule has 0 aromatic heterocycles. The number of methoxy groups -OCH3 is 1. The Morgan fingerprint density at radius 1 is 1.50 bits per heavy atom. The van der Waals surface area contributed by atoms with Gasteiger partial charge >= 0.3 is 0 Å². The number of carbonyl (C=O) groups is 1. The normalized spacial score (nSPS) is 9.86. The van der Waals surface area contributed by atoms with Crippen LogP contribution in [0.1, 0.15) is 30.1 Å². The minimum Gasteiger partial charge on any atom is -0.495 e. The summed E-state index contributed by atoms with van der Waals surface area (Å²) in [6, 6.07) is 5.13. The lowest BCUT2D eigenvalue weighted by Crippen LogP contribution is -2.00. The van der Waals surface area contributed by atoms with E-state index in [1.54, 1.807) is 25.3 Å². The Morgan fingerprint density at radius 2 is 2.21 bits per heavy atom. The highest BCUT2D eigenvalue weighted by Gasteiger charge is 2.06. The Balaban J connectivity index is 2.91. The van der Waals surface area contributed by atoms with Crippen molar-refractivity contribution in [2.45, 2.75) is 19.8 Å². The fourth-order valence-corrected chi connectivity index (χ4v) is 1.28. The van der Waals surface area contributed by atoms with Gasteiger partial charge in [-0.05, 0) is 24.6 Å². The summed E-state index contributed by atoms with van der Waals surface area (Å²) in [5.41, 5.74) is 6.85.